The highest BCUT2D eigenvalue weighted by Gasteiger charge is 2.35. The molecule has 0 bridgehead atoms. The van der Waals surface area contributed by atoms with Gasteiger partial charge in [0, 0.05) is 25.2 Å². The van der Waals surface area contributed by atoms with Crippen LogP contribution in [0.4, 0.5) is 0 Å². The predicted molar refractivity (Wildman–Crippen MR) is 82.9 cm³/mol. The van der Waals surface area contributed by atoms with Crippen LogP contribution in [0.5, 0.6) is 0 Å². The van der Waals surface area contributed by atoms with Gasteiger partial charge in [-0.2, -0.15) is 17.4 Å². The molecular formula is C15H23N3O2S. The summed E-state index contributed by atoms with van der Waals surface area (Å²) in [6, 6.07) is 7.41. The van der Waals surface area contributed by atoms with E-state index >= 15 is 0 Å². The molecule has 21 heavy (non-hydrogen) atoms. The first-order valence-electron chi connectivity index (χ1n) is 7.58. The van der Waals surface area contributed by atoms with Crippen LogP contribution >= 0.6 is 0 Å². The Balaban J connectivity index is 1.70. The summed E-state index contributed by atoms with van der Waals surface area (Å²) in [6.07, 6.45) is 2.52. The van der Waals surface area contributed by atoms with Gasteiger partial charge in [0.15, 0.2) is 0 Å². The third-order valence-electron chi connectivity index (χ3n) is 4.67. The maximum atomic E-state index is 12.5. The van der Waals surface area contributed by atoms with E-state index in [1.54, 1.807) is 4.31 Å². The van der Waals surface area contributed by atoms with Crippen molar-refractivity contribution in [3.05, 3.63) is 35.4 Å². The number of nitrogens with one attached hydrogen (secondary N) is 1. The maximum absolute atomic E-state index is 12.5. The van der Waals surface area contributed by atoms with Crippen molar-refractivity contribution in [1.29, 1.82) is 0 Å². The summed E-state index contributed by atoms with van der Waals surface area (Å²) in [4.78, 5) is 0. The SMILES string of the molecule is CC1CCN(S(=O)(=O)N[C@@H]2Cc3ccccc3[C@H]2N)CC1. The lowest BCUT2D eigenvalue weighted by atomic mass is 10.0. The normalized spacial score (nSPS) is 27.7. The first-order valence-corrected chi connectivity index (χ1v) is 9.02. The van der Waals surface area contributed by atoms with E-state index in [4.69, 9.17) is 5.73 Å². The van der Waals surface area contributed by atoms with E-state index in [-0.39, 0.29) is 12.1 Å². The highest BCUT2D eigenvalue weighted by Crippen LogP contribution is 2.30. The van der Waals surface area contributed by atoms with Gasteiger partial charge in [0.25, 0.3) is 10.2 Å². The van der Waals surface area contributed by atoms with Gasteiger partial charge in [-0.25, -0.2) is 0 Å². The lowest BCUT2D eigenvalue weighted by Crippen LogP contribution is -2.50. The molecule has 2 aliphatic rings. The summed E-state index contributed by atoms with van der Waals surface area (Å²) in [6.45, 7) is 3.37. The van der Waals surface area contributed by atoms with E-state index in [1.807, 2.05) is 24.3 Å². The summed E-state index contributed by atoms with van der Waals surface area (Å²) in [5.41, 5.74) is 8.40. The van der Waals surface area contributed by atoms with Gasteiger partial charge in [0.2, 0.25) is 0 Å². The van der Waals surface area contributed by atoms with Gasteiger partial charge in [-0.05, 0) is 36.3 Å². The Labute approximate surface area is 126 Å². The van der Waals surface area contributed by atoms with Crippen LogP contribution in [0.15, 0.2) is 24.3 Å². The molecule has 1 saturated heterocycles. The van der Waals surface area contributed by atoms with Gasteiger partial charge in [0.05, 0.1) is 0 Å². The first kappa shape index (κ1) is 15.0. The van der Waals surface area contributed by atoms with E-state index in [1.165, 1.54) is 0 Å². The maximum Gasteiger partial charge on any atom is 0.279 e. The Bertz CT molecular complexity index is 609. The zero-order valence-electron chi connectivity index (χ0n) is 12.3. The van der Waals surface area contributed by atoms with Gasteiger partial charge in [-0.3, -0.25) is 0 Å². The summed E-state index contributed by atoms with van der Waals surface area (Å²) in [7, 11) is -3.44. The summed E-state index contributed by atoms with van der Waals surface area (Å²) >= 11 is 0. The topological polar surface area (TPSA) is 75.4 Å². The van der Waals surface area contributed by atoms with Crippen molar-refractivity contribution in [2.24, 2.45) is 11.7 Å². The molecule has 6 heteroatoms. The minimum Gasteiger partial charge on any atom is -0.323 e. The minimum atomic E-state index is -3.44. The molecule has 116 valence electrons. The predicted octanol–water partition coefficient (Wildman–Crippen LogP) is 1.18. The second-order valence-corrected chi connectivity index (χ2v) is 7.94. The molecule has 1 aromatic rings. The number of hydrogen-bond donors (Lipinski definition) is 2. The van der Waals surface area contributed by atoms with Crippen molar-refractivity contribution >= 4 is 10.2 Å². The molecule has 0 amide bonds. The Morgan fingerprint density at radius 2 is 1.90 bits per heavy atom. The second-order valence-electron chi connectivity index (χ2n) is 6.24. The lowest BCUT2D eigenvalue weighted by molar-refractivity contribution is 0.282. The molecule has 1 fully saturated rings. The van der Waals surface area contributed by atoms with Gasteiger partial charge in [-0.1, -0.05) is 31.2 Å². The molecule has 0 spiro atoms. The highest BCUT2D eigenvalue weighted by molar-refractivity contribution is 7.87. The van der Waals surface area contributed by atoms with Crippen LogP contribution in [0.3, 0.4) is 0 Å². The van der Waals surface area contributed by atoms with E-state index in [2.05, 4.69) is 11.6 Å². The second kappa shape index (κ2) is 5.68. The van der Waals surface area contributed by atoms with E-state index in [9.17, 15) is 8.42 Å². The molecule has 2 atom stereocenters. The fourth-order valence-corrected chi connectivity index (χ4v) is 4.69. The number of hydrogen-bond acceptors (Lipinski definition) is 3. The zero-order chi connectivity index (χ0) is 15.0. The van der Waals surface area contributed by atoms with Crippen LogP contribution in [0.25, 0.3) is 0 Å². The standard InChI is InChI=1S/C15H23N3O2S/c1-11-6-8-18(9-7-11)21(19,20)17-14-10-12-4-2-3-5-13(12)15(14)16/h2-5,11,14-15,17H,6-10,16H2,1H3/t14-,15-/m1/s1. The van der Waals surface area contributed by atoms with Crippen LogP contribution < -0.4 is 10.5 Å². The van der Waals surface area contributed by atoms with E-state index in [0.717, 1.165) is 24.0 Å². The Kier molecular flexibility index (Phi) is 4.05. The summed E-state index contributed by atoms with van der Waals surface area (Å²) in [5.74, 6) is 0.606. The molecule has 1 aliphatic heterocycles. The number of rotatable bonds is 3. The number of benzene rings is 1. The molecule has 0 unspecified atom stereocenters. The number of fused-ring (bicyclic) bond motifs is 1. The summed E-state index contributed by atoms with van der Waals surface area (Å²) < 4.78 is 29.4. The fourth-order valence-electron chi connectivity index (χ4n) is 3.23. The van der Waals surface area contributed by atoms with Gasteiger partial charge >= 0.3 is 0 Å². The Hall–Kier alpha value is -0.950. The van der Waals surface area contributed by atoms with Crippen molar-refractivity contribution < 1.29 is 8.42 Å². The molecule has 1 aromatic carbocycles. The molecule has 3 N–H and O–H groups in total. The fraction of sp³-hybridized carbons (Fsp3) is 0.600. The average Bonchev–Trinajstić information content (AvgIpc) is 2.76. The van der Waals surface area contributed by atoms with Gasteiger partial charge in [-0.15, -0.1) is 0 Å². The summed E-state index contributed by atoms with van der Waals surface area (Å²) in [5, 5.41) is 0. The first-order chi connectivity index (χ1) is 9.97. The third kappa shape index (κ3) is 2.99. The van der Waals surface area contributed by atoms with Crippen molar-refractivity contribution in [2.75, 3.05) is 13.1 Å². The van der Waals surface area contributed by atoms with Crippen LogP contribution in [-0.4, -0.2) is 31.9 Å². The molecule has 5 nitrogen and oxygen atoms in total. The van der Waals surface area contributed by atoms with Gasteiger partial charge in [0.1, 0.15) is 0 Å². The Morgan fingerprint density at radius 1 is 1.24 bits per heavy atom. The Morgan fingerprint density at radius 3 is 2.57 bits per heavy atom. The molecule has 1 aliphatic carbocycles. The molecule has 1 heterocycles. The van der Waals surface area contributed by atoms with Crippen molar-refractivity contribution in [2.45, 2.75) is 38.3 Å². The highest BCUT2D eigenvalue weighted by atomic mass is 32.2. The van der Waals surface area contributed by atoms with Crippen LogP contribution in [-0.2, 0) is 16.6 Å². The number of piperidine rings is 1. The average molecular weight is 309 g/mol. The molecule has 0 radical (unpaired) electrons. The lowest BCUT2D eigenvalue weighted by Gasteiger charge is -2.31. The quantitative estimate of drug-likeness (QED) is 0.880. The molecular weight excluding hydrogens is 286 g/mol. The number of nitrogens with two attached hydrogens (primary N) is 1. The van der Waals surface area contributed by atoms with E-state index < -0.39 is 10.2 Å². The molecule has 0 aromatic heterocycles. The smallest absolute Gasteiger partial charge is 0.279 e. The van der Waals surface area contributed by atoms with Crippen molar-refractivity contribution in [1.82, 2.24) is 9.03 Å². The van der Waals surface area contributed by atoms with Crippen LogP contribution in [0.1, 0.15) is 36.9 Å². The molecule has 0 saturated carbocycles. The zero-order valence-corrected chi connectivity index (χ0v) is 13.1. The van der Waals surface area contributed by atoms with Gasteiger partial charge < -0.3 is 5.73 Å². The largest absolute Gasteiger partial charge is 0.323 e. The monoisotopic (exact) mass is 309 g/mol. The van der Waals surface area contributed by atoms with Crippen LogP contribution in [0.2, 0.25) is 0 Å². The van der Waals surface area contributed by atoms with E-state index in [0.29, 0.717) is 25.4 Å². The number of nitrogens with zero attached hydrogens (tertiary/aromatic N) is 1. The van der Waals surface area contributed by atoms with Crippen molar-refractivity contribution in [3.8, 4) is 0 Å². The molecule has 3 rings (SSSR count). The minimum absolute atomic E-state index is 0.244. The van der Waals surface area contributed by atoms with Crippen LogP contribution in [0, 0.1) is 5.92 Å². The third-order valence-corrected chi connectivity index (χ3v) is 6.32. The van der Waals surface area contributed by atoms with Crippen molar-refractivity contribution in [3.63, 3.8) is 0 Å².